The average Bonchev–Trinajstić information content (AvgIpc) is 2.62. The van der Waals surface area contributed by atoms with Gasteiger partial charge in [-0.15, -0.1) is 0 Å². The van der Waals surface area contributed by atoms with Crippen LogP contribution in [0.2, 0.25) is 0 Å². The first-order chi connectivity index (χ1) is 11.9. The van der Waals surface area contributed by atoms with Gasteiger partial charge in [0.05, 0.1) is 4.90 Å². The number of sulfonamides is 1. The van der Waals surface area contributed by atoms with Crippen molar-refractivity contribution in [3.8, 4) is 0 Å². The van der Waals surface area contributed by atoms with E-state index in [1.165, 1.54) is 40.7 Å². The van der Waals surface area contributed by atoms with Crippen LogP contribution in [0.3, 0.4) is 0 Å². The van der Waals surface area contributed by atoms with E-state index in [9.17, 15) is 17.6 Å². The van der Waals surface area contributed by atoms with Crippen molar-refractivity contribution in [3.63, 3.8) is 0 Å². The number of hydrogen-bond donors (Lipinski definition) is 1. The molecule has 1 amide bonds. The third-order valence-electron chi connectivity index (χ3n) is 4.21. The second kappa shape index (κ2) is 6.81. The maximum absolute atomic E-state index is 13.0. The van der Waals surface area contributed by atoms with E-state index in [4.69, 9.17) is 5.73 Å². The fourth-order valence-corrected chi connectivity index (χ4v) is 4.20. The summed E-state index contributed by atoms with van der Waals surface area (Å²) in [5, 5.41) is 0. The Morgan fingerprint density at radius 3 is 2.00 bits per heavy atom. The minimum absolute atomic E-state index is 0.132. The van der Waals surface area contributed by atoms with Gasteiger partial charge in [0, 0.05) is 37.4 Å². The number of primary amides is 1. The summed E-state index contributed by atoms with van der Waals surface area (Å²) in [5.41, 5.74) is 6.30. The lowest BCUT2D eigenvalue weighted by molar-refractivity contribution is 0.1000. The van der Waals surface area contributed by atoms with Gasteiger partial charge in [0.15, 0.2) is 0 Å². The number of carbonyl (C=O) groups is 1. The van der Waals surface area contributed by atoms with Crippen molar-refractivity contribution in [2.45, 2.75) is 4.90 Å². The van der Waals surface area contributed by atoms with Crippen LogP contribution in [-0.2, 0) is 10.0 Å². The molecule has 132 valence electrons. The van der Waals surface area contributed by atoms with Gasteiger partial charge in [0.2, 0.25) is 15.9 Å². The molecule has 1 aliphatic heterocycles. The van der Waals surface area contributed by atoms with Gasteiger partial charge >= 0.3 is 0 Å². The highest BCUT2D eigenvalue weighted by Crippen LogP contribution is 2.21. The average molecular weight is 363 g/mol. The van der Waals surface area contributed by atoms with Crippen molar-refractivity contribution >= 4 is 21.6 Å². The smallest absolute Gasteiger partial charge is 0.248 e. The number of hydrogen-bond acceptors (Lipinski definition) is 4. The third-order valence-corrected chi connectivity index (χ3v) is 6.12. The van der Waals surface area contributed by atoms with Crippen LogP contribution in [0, 0.1) is 5.82 Å². The highest BCUT2D eigenvalue weighted by molar-refractivity contribution is 7.89. The van der Waals surface area contributed by atoms with Gasteiger partial charge in [0.1, 0.15) is 5.82 Å². The Morgan fingerprint density at radius 1 is 0.920 bits per heavy atom. The summed E-state index contributed by atoms with van der Waals surface area (Å²) < 4.78 is 39.8. The molecule has 8 heteroatoms. The van der Waals surface area contributed by atoms with Gasteiger partial charge in [-0.25, -0.2) is 12.8 Å². The van der Waals surface area contributed by atoms with E-state index in [2.05, 4.69) is 0 Å². The molecule has 0 bridgehead atoms. The maximum Gasteiger partial charge on any atom is 0.248 e. The molecule has 0 unspecified atom stereocenters. The number of nitrogens with zero attached hydrogens (tertiary/aromatic N) is 2. The predicted octanol–water partition coefficient (Wildman–Crippen LogP) is 1.44. The van der Waals surface area contributed by atoms with E-state index >= 15 is 0 Å². The number of anilines is 1. The van der Waals surface area contributed by atoms with E-state index < -0.39 is 15.9 Å². The fourth-order valence-electron chi connectivity index (χ4n) is 2.78. The molecule has 2 N–H and O–H groups in total. The lowest BCUT2D eigenvalue weighted by Gasteiger charge is -2.35. The minimum Gasteiger partial charge on any atom is -0.369 e. The highest BCUT2D eigenvalue weighted by atomic mass is 32.2. The summed E-state index contributed by atoms with van der Waals surface area (Å²) in [6.07, 6.45) is 0. The van der Waals surface area contributed by atoms with Crippen LogP contribution >= 0.6 is 0 Å². The molecular weight excluding hydrogens is 345 g/mol. The molecule has 1 fully saturated rings. The number of nitrogens with two attached hydrogens (primary N) is 1. The molecule has 0 atom stereocenters. The summed E-state index contributed by atoms with van der Waals surface area (Å²) in [5.74, 6) is -0.902. The molecule has 2 aromatic carbocycles. The Morgan fingerprint density at radius 2 is 1.48 bits per heavy atom. The molecule has 0 aromatic heterocycles. The Kier molecular flexibility index (Phi) is 4.73. The van der Waals surface area contributed by atoms with Gasteiger partial charge in [-0.3, -0.25) is 4.79 Å². The van der Waals surface area contributed by atoms with Crippen LogP contribution in [0.4, 0.5) is 10.1 Å². The molecule has 2 aromatic rings. The van der Waals surface area contributed by atoms with Crippen LogP contribution in [-0.4, -0.2) is 44.8 Å². The SMILES string of the molecule is NC(=O)c1ccc(S(=O)(=O)N2CCN(c3ccc(F)cc3)CC2)cc1. The molecule has 3 rings (SSSR count). The van der Waals surface area contributed by atoms with Crippen LogP contribution in [0.15, 0.2) is 53.4 Å². The molecule has 1 saturated heterocycles. The van der Waals surface area contributed by atoms with Crippen molar-refractivity contribution in [3.05, 3.63) is 59.9 Å². The van der Waals surface area contributed by atoms with E-state index in [0.717, 1.165) is 5.69 Å². The summed E-state index contributed by atoms with van der Waals surface area (Å²) in [7, 11) is -3.62. The van der Waals surface area contributed by atoms with E-state index in [1.54, 1.807) is 12.1 Å². The Labute approximate surface area is 145 Å². The Bertz CT molecular complexity index is 859. The molecule has 0 radical (unpaired) electrons. The lowest BCUT2D eigenvalue weighted by atomic mass is 10.2. The number of halogens is 1. The quantitative estimate of drug-likeness (QED) is 0.891. The zero-order chi connectivity index (χ0) is 18.0. The molecular formula is C17H18FN3O3S. The topological polar surface area (TPSA) is 83.7 Å². The van der Waals surface area contributed by atoms with Crippen LogP contribution in [0.25, 0.3) is 0 Å². The number of piperazine rings is 1. The van der Waals surface area contributed by atoms with Crippen molar-refractivity contribution in [2.24, 2.45) is 5.73 Å². The van der Waals surface area contributed by atoms with Crippen molar-refractivity contribution < 1.29 is 17.6 Å². The van der Waals surface area contributed by atoms with Crippen molar-refractivity contribution in [1.82, 2.24) is 4.31 Å². The molecule has 0 spiro atoms. The fraction of sp³-hybridized carbons (Fsp3) is 0.235. The first-order valence-corrected chi connectivity index (χ1v) is 9.22. The van der Waals surface area contributed by atoms with Gasteiger partial charge in [-0.1, -0.05) is 0 Å². The number of amides is 1. The summed E-state index contributed by atoms with van der Waals surface area (Å²) >= 11 is 0. The molecule has 6 nitrogen and oxygen atoms in total. The second-order valence-corrected chi connectivity index (χ2v) is 7.69. The van der Waals surface area contributed by atoms with Gasteiger partial charge in [-0.05, 0) is 48.5 Å². The summed E-state index contributed by atoms with van der Waals surface area (Å²) in [4.78, 5) is 13.2. The number of carbonyl (C=O) groups excluding carboxylic acids is 1. The summed E-state index contributed by atoms with van der Waals surface area (Å²) in [6.45, 7) is 1.70. The molecule has 1 heterocycles. The normalized spacial score (nSPS) is 16.0. The Hall–Kier alpha value is -2.45. The largest absolute Gasteiger partial charge is 0.369 e. The highest BCUT2D eigenvalue weighted by Gasteiger charge is 2.28. The van der Waals surface area contributed by atoms with E-state index in [1.807, 2.05) is 4.90 Å². The molecule has 25 heavy (non-hydrogen) atoms. The first kappa shape index (κ1) is 17.4. The van der Waals surface area contributed by atoms with Gasteiger partial charge in [0.25, 0.3) is 0 Å². The second-order valence-electron chi connectivity index (χ2n) is 5.76. The van der Waals surface area contributed by atoms with Crippen LogP contribution in [0.5, 0.6) is 0 Å². The monoisotopic (exact) mass is 363 g/mol. The maximum atomic E-state index is 13.0. The lowest BCUT2D eigenvalue weighted by Crippen LogP contribution is -2.48. The zero-order valence-electron chi connectivity index (χ0n) is 13.4. The van der Waals surface area contributed by atoms with Crippen LogP contribution in [0.1, 0.15) is 10.4 Å². The standard InChI is InChI=1S/C17H18FN3O3S/c18-14-3-5-15(6-4-14)20-9-11-21(12-10-20)25(23,24)16-7-1-13(2-8-16)17(19)22/h1-8H,9-12H2,(H2,19,22). The predicted molar refractivity (Wildman–Crippen MR) is 92.3 cm³/mol. The first-order valence-electron chi connectivity index (χ1n) is 7.78. The van der Waals surface area contributed by atoms with Crippen LogP contribution < -0.4 is 10.6 Å². The van der Waals surface area contributed by atoms with Gasteiger partial charge in [-0.2, -0.15) is 4.31 Å². The summed E-state index contributed by atoms with van der Waals surface area (Å²) in [6, 6.07) is 11.7. The third kappa shape index (κ3) is 3.64. The number of benzene rings is 2. The van der Waals surface area contributed by atoms with Crippen molar-refractivity contribution in [1.29, 1.82) is 0 Å². The van der Waals surface area contributed by atoms with E-state index in [0.29, 0.717) is 26.2 Å². The van der Waals surface area contributed by atoms with Crippen molar-refractivity contribution in [2.75, 3.05) is 31.1 Å². The van der Waals surface area contributed by atoms with E-state index in [-0.39, 0.29) is 16.3 Å². The minimum atomic E-state index is -3.62. The zero-order valence-corrected chi connectivity index (χ0v) is 14.2. The van der Waals surface area contributed by atoms with Gasteiger partial charge < -0.3 is 10.6 Å². The Balaban J connectivity index is 1.70. The number of rotatable bonds is 4. The molecule has 1 aliphatic rings. The molecule has 0 aliphatic carbocycles. The molecule has 0 saturated carbocycles.